The summed E-state index contributed by atoms with van der Waals surface area (Å²) in [6.07, 6.45) is 0.615. The van der Waals surface area contributed by atoms with Gasteiger partial charge >= 0.3 is 0 Å². The Labute approximate surface area is 112 Å². The molecule has 0 aliphatic rings. The molecule has 0 aliphatic carbocycles. The van der Waals surface area contributed by atoms with Crippen molar-refractivity contribution in [2.24, 2.45) is 11.7 Å². The third-order valence-corrected chi connectivity index (χ3v) is 2.82. The van der Waals surface area contributed by atoms with Gasteiger partial charge in [0, 0.05) is 12.1 Å². The van der Waals surface area contributed by atoms with Crippen LogP contribution in [0, 0.1) is 11.7 Å². The Morgan fingerprint density at radius 3 is 2.68 bits per heavy atom. The van der Waals surface area contributed by atoms with Gasteiger partial charge in [-0.05, 0) is 24.0 Å². The molecular formula is C14H21FN2O2. The fourth-order valence-corrected chi connectivity index (χ4v) is 1.76. The third-order valence-electron chi connectivity index (χ3n) is 2.82. The summed E-state index contributed by atoms with van der Waals surface area (Å²) in [6, 6.07) is 3.94. The van der Waals surface area contributed by atoms with E-state index in [1.165, 1.54) is 12.1 Å². The monoisotopic (exact) mass is 268 g/mol. The van der Waals surface area contributed by atoms with Gasteiger partial charge in [0.15, 0.2) is 0 Å². The Bertz CT molecular complexity index is 435. The maximum absolute atomic E-state index is 13.4. The first-order chi connectivity index (χ1) is 8.93. The Morgan fingerprint density at radius 2 is 2.16 bits per heavy atom. The van der Waals surface area contributed by atoms with Crippen molar-refractivity contribution in [3.63, 3.8) is 0 Å². The van der Waals surface area contributed by atoms with Gasteiger partial charge < -0.3 is 16.2 Å². The third kappa shape index (κ3) is 4.96. The Morgan fingerprint density at radius 1 is 1.47 bits per heavy atom. The highest BCUT2D eigenvalue weighted by atomic mass is 19.1. The van der Waals surface area contributed by atoms with Crippen molar-refractivity contribution in [1.82, 2.24) is 5.32 Å². The van der Waals surface area contributed by atoms with Crippen molar-refractivity contribution >= 4 is 5.91 Å². The molecule has 0 heterocycles. The number of carbonyl (C=O) groups excluding carboxylic acids is 1. The van der Waals surface area contributed by atoms with Crippen LogP contribution in [-0.4, -0.2) is 17.1 Å². The normalized spacial score (nSPS) is 12.5. The summed E-state index contributed by atoms with van der Waals surface area (Å²) in [4.78, 5) is 11.7. The molecule has 0 saturated carbocycles. The summed E-state index contributed by atoms with van der Waals surface area (Å²) in [5, 5.41) is 11.5. The summed E-state index contributed by atoms with van der Waals surface area (Å²) in [5.41, 5.74) is 6.62. The second-order valence-corrected chi connectivity index (χ2v) is 5.04. The van der Waals surface area contributed by atoms with E-state index in [0.29, 0.717) is 17.9 Å². The number of hydrogen-bond donors (Lipinski definition) is 3. The van der Waals surface area contributed by atoms with Crippen molar-refractivity contribution in [3.8, 4) is 0 Å². The average molecular weight is 268 g/mol. The molecule has 4 N–H and O–H groups in total. The zero-order valence-electron chi connectivity index (χ0n) is 11.3. The molecule has 1 atom stereocenters. The predicted molar refractivity (Wildman–Crippen MR) is 71.6 cm³/mol. The largest absolute Gasteiger partial charge is 0.392 e. The lowest BCUT2D eigenvalue weighted by molar-refractivity contribution is -0.122. The number of aliphatic hydroxyl groups is 1. The molecule has 1 aromatic rings. The Hall–Kier alpha value is -1.46. The van der Waals surface area contributed by atoms with Gasteiger partial charge in [-0.25, -0.2) is 4.39 Å². The lowest BCUT2D eigenvalue weighted by atomic mass is 10.0. The molecule has 0 aliphatic heterocycles. The summed E-state index contributed by atoms with van der Waals surface area (Å²) in [7, 11) is 0. The molecule has 1 aromatic carbocycles. The van der Waals surface area contributed by atoms with E-state index in [9.17, 15) is 9.18 Å². The fraction of sp³-hybridized carbons (Fsp3) is 0.500. The highest BCUT2D eigenvalue weighted by molar-refractivity contribution is 5.81. The molecule has 0 saturated heterocycles. The molecule has 0 aromatic heterocycles. The van der Waals surface area contributed by atoms with Crippen LogP contribution in [0.4, 0.5) is 4.39 Å². The molecule has 0 unspecified atom stereocenters. The van der Waals surface area contributed by atoms with Crippen LogP contribution in [0.5, 0.6) is 0 Å². The van der Waals surface area contributed by atoms with Crippen LogP contribution < -0.4 is 11.1 Å². The van der Waals surface area contributed by atoms with Gasteiger partial charge in [-0.2, -0.15) is 0 Å². The van der Waals surface area contributed by atoms with Gasteiger partial charge in [-0.15, -0.1) is 0 Å². The topological polar surface area (TPSA) is 75.4 Å². The first-order valence-electron chi connectivity index (χ1n) is 6.35. The number of hydrogen-bond acceptors (Lipinski definition) is 3. The van der Waals surface area contributed by atoms with Crippen LogP contribution in [0.1, 0.15) is 31.4 Å². The molecule has 19 heavy (non-hydrogen) atoms. The van der Waals surface area contributed by atoms with Crippen LogP contribution in [0.25, 0.3) is 0 Å². The molecular weight excluding hydrogens is 247 g/mol. The number of rotatable bonds is 6. The van der Waals surface area contributed by atoms with Gasteiger partial charge in [-0.1, -0.05) is 26.0 Å². The number of benzene rings is 1. The Balaban J connectivity index is 2.52. The number of nitrogens with one attached hydrogen (secondary N) is 1. The zero-order chi connectivity index (χ0) is 14.4. The van der Waals surface area contributed by atoms with E-state index in [4.69, 9.17) is 10.8 Å². The van der Waals surface area contributed by atoms with E-state index in [1.54, 1.807) is 6.07 Å². The minimum absolute atomic E-state index is 0.229. The molecule has 0 bridgehead atoms. The van der Waals surface area contributed by atoms with E-state index in [1.807, 2.05) is 13.8 Å². The maximum Gasteiger partial charge on any atom is 0.237 e. The first-order valence-corrected chi connectivity index (χ1v) is 6.35. The molecule has 0 fully saturated rings. The molecule has 1 rings (SSSR count). The fourth-order valence-electron chi connectivity index (χ4n) is 1.76. The first kappa shape index (κ1) is 15.6. The van der Waals surface area contributed by atoms with Crippen molar-refractivity contribution in [2.75, 3.05) is 0 Å². The van der Waals surface area contributed by atoms with E-state index < -0.39 is 11.9 Å². The minimum atomic E-state index is -0.540. The SMILES string of the molecule is CC(C)C[C@H](N)C(=O)NCc1ccc(CO)c(F)c1. The molecule has 4 nitrogen and oxygen atoms in total. The van der Waals surface area contributed by atoms with Crippen LogP contribution in [0.2, 0.25) is 0 Å². The summed E-state index contributed by atoms with van der Waals surface area (Å²) in [5.74, 6) is -0.358. The number of nitrogens with two attached hydrogens (primary N) is 1. The van der Waals surface area contributed by atoms with E-state index in [2.05, 4.69) is 5.32 Å². The van der Waals surface area contributed by atoms with Gasteiger partial charge in [0.05, 0.1) is 12.6 Å². The highest BCUT2D eigenvalue weighted by Gasteiger charge is 2.14. The van der Waals surface area contributed by atoms with E-state index in [-0.39, 0.29) is 24.6 Å². The number of amides is 1. The molecule has 106 valence electrons. The maximum atomic E-state index is 13.4. The van der Waals surface area contributed by atoms with Crippen LogP contribution in [0.15, 0.2) is 18.2 Å². The lowest BCUT2D eigenvalue weighted by Crippen LogP contribution is -2.41. The van der Waals surface area contributed by atoms with Crippen molar-refractivity contribution in [1.29, 1.82) is 0 Å². The van der Waals surface area contributed by atoms with Crippen molar-refractivity contribution < 1.29 is 14.3 Å². The second kappa shape index (κ2) is 7.21. The molecule has 1 amide bonds. The van der Waals surface area contributed by atoms with Crippen LogP contribution >= 0.6 is 0 Å². The van der Waals surface area contributed by atoms with Gasteiger partial charge in [0.25, 0.3) is 0 Å². The lowest BCUT2D eigenvalue weighted by Gasteiger charge is -2.14. The number of halogens is 1. The van der Waals surface area contributed by atoms with Crippen molar-refractivity contribution in [2.45, 2.75) is 39.5 Å². The summed E-state index contributed by atoms with van der Waals surface area (Å²) in [6.45, 7) is 3.89. The minimum Gasteiger partial charge on any atom is -0.392 e. The average Bonchev–Trinajstić information content (AvgIpc) is 2.35. The standard InChI is InChI=1S/C14H21FN2O2/c1-9(2)5-13(16)14(19)17-7-10-3-4-11(8-18)12(15)6-10/h3-4,6,9,13,18H,5,7-8,16H2,1-2H3,(H,17,19)/t13-/m0/s1. The van der Waals surface area contributed by atoms with E-state index >= 15 is 0 Å². The highest BCUT2D eigenvalue weighted by Crippen LogP contribution is 2.10. The van der Waals surface area contributed by atoms with Gasteiger partial charge in [0.1, 0.15) is 5.82 Å². The van der Waals surface area contributed by atoms with Gasteiger partial charge in [-0.3, -0.25) is 4.79 Å². The zero-order valence-corrected chi connectivity index (χ0v) is 11.3. The smallest absolute Gasteiger partial charge is 0.237 e. The van der Waals surface area contributed by atoms with Gasteiger partial charge in [0.2, 0.25) is 5.91 Å². The number of aliphatic hydroxyl groups excluding tert-OH is 1. The van der Waals surface area contributed by atoms with Crippen molar-refractivity contribution in [3.05, 3.63) is 35.1 Å². The van der Waals surface area contributed by atoms with Crippen LogP contribution in [-0.2, 0) is 17.9 Å². The molecule has 0 spiro atoms. The summed E-state index contributed by atoms with van der Waals surface area (Å²) < 4.78 is 13.4. The second-order valence-electron chi connectivity index (χ2n) is 5.04. The molecule has 5 heteroatoms. The predicted octanol–water partition coefficient (Wildman–Crippen LogP) is 1.31. The van der Waals surface area contributed by atoms with Crippen LogP contribution in [0.3, 0.4) is 0 Å². The Kier molecular flexibility index (Phi) is 5.92. The number of carbonyl (C=O) groups is 1. The quantitative estimate of drug-likeness (QED) is 0.728. The molecule has 0 radical (unpaired) electrons. The summed E-state index contributed by atoms with van der Waals surface area (Å²) >= 11 is 0. The van der Waals surface area contributed by atoms with E-state index in [0.717, 1.165) is 0 Å².